The van der Waals surface area contributed by atoms with Gasteiger partial charge >= 0.3 is 0 Å². The van der Waals surface area contributed by atoms with Crippen LogP contribution in [0.15, 0.2) is 33.3 Å². The molecule has 1 unspecified atom stereocenters. The molecule has 3 heterocycles. The Morgan fingerprint density at radius 2 is 2.24 bits per heavy atom. The van der Waals surface area contributed by atoms with Gasteiger partial charge in [-0.15, -0.1) is 0 Å². The van der Waals surface area contributed by atoms with Gasteiger partial charge in [-0.1, -0.05) is 6.92 Å². The lowest BCUT2D eigenvalue weighted by Gasteiger charge is -2.25. The van der Waals surface area contributed by atoms with E-state index < -0.39 is 0 Å². The topological polar surface area (TPSA) is 60.6 Å². The molecule has 1 aromatic carbocycles. The van der Waals surface area contributed by atoms with Crippen LogP contribution in [0.25, 0.3) is 0 Å². The zero-order valence-electron chi connectivity index (χ0n) is 11.7. The molecule has 0 aromatic heterocycles. The monoisotopic (exact) mass is 281 g/mol. The average Bonchev–Trinajstić information content (AvgIpc) is 2.95. The second-order valence-corrected chi connectivity index (χ2v) is 5.50. The summed E-state index contributed by atoms with van der Waals surface area (Å²) in [6, 6.07) is 5.78. The number of fused-ring (bicyclic) bond motifs is 3. The normalized spacial score (nSPS) is 23.2. The number of hydrazone groups is 1. The third kappa shape index (κ3) is 1.94. The molecule has 4 rings (SSSR count). The molecule has 0 saturated carbocycles. The van der Waals surface area contributed by atoms with Crippen molar-refractivity contribution >= 4 is 35.7 Å². The molecule has 1 amide bonds. The van der Waals surface area contributed by atoms with Crippen molar-refractivity contribution in [3.63, 3.8) is 0 Å². The highest BCUT2D eigenvalue weighted by molar-refractivity contribution is 6.12. The summed E-state index contributed by atoms with van der Waals surface area (Å²) in [5.41, 5.74) is 2.61. The Morgan fingerprint density at radius 1 is 1.33 bits per heavy atom. The Morgan fingerprint density at radius 3 is 3.10 bits per heavy atom. The Bertz CT molecular complexity index is 706. The van der Waals surface area contributed by atoms with Crippen molar-refractivity contribution < 1.29 is 4.79 Å². The van der Waals surface area contributed by atoms with E-state index in [-0.39, 0.29) is 11.8 Å². The van der Waals surface area contributed by atoms with Crippen LogP contribution in [0, 0.1) is 5.92 Å². The maximum atomic E-state index is 12.1. The second-order valence-electron chi connectivity index (χ2n) is 5.50. The molecular weight excluding hydrogens is 266 g/mol. The smallest absolute Gasteiger partial charge is 0.248 e. The Balaban J connectivity index is 1.73. The standard InChI is InChI=1S/C15H15N5O/c1-10-6-14(21)20(18-8-10)11-2-3-12-13(7-11)17-9-19-5-4-16-15(12)19/h2-3,7-10H,4-6H2,1H3. The lowest BCUT2D eigenvalue weighted by molar-refractivity contribution is -0.119. The minimum atomic E-state index is 0.0181. The van der Waals surface area contributed by atoms with Gasteiger partial charge in [0, 0.05) is 30.7 Å². The van der Waals surface area contributed by atoms with Crippen LogP contribution < -0.4 is 5.01 Å². The fraction of sp³-hybridized carbons (Fsp3) is 0.333. The van der Waals surface area contributed by atoms with Crippen molar-refractivity contribution in [3.05, 3.63) is 23.8 Å². The summed E-state index contributed by atoms with van der Waals surface area (Å²) < 4.78 is 0. The van der Waals surface area contributed by atoms with Gasteiger partial charge in [0.25, 0.3) is 0 Å². The van der Waals surface area contributed by atoms with Crippen LogP contribution in [0.3, 0.4) is 0 Å². The van der Waals surface area contributed by atoms with Crippen LogP contribution in [0.1, 0.15) is 18.9 Å². The third-order valence-corrected chi connectivity index (χ3v) is 3.85. The zero-order chi connectivity index (χ0) is 14.4. The van der Waals surface area contributed by atoms with Gasteiger partial charge in [0.05, 0.1) is 24.3 Å². The van der Waals surface area contributed by atoms with Crippen LogP contribution >= 0.6 is 0 Å². The number of amides is 1. The highest BCUT2D eigenvalue weighted by atomic mass is 16.2. The van der Waals surface area contributed by atoms with E-state index in [2.05, 4.69) is 15.1 Å². The van der Waals surface area contributed by atoms with E-state index >= 15 is 0 Å². The van der Waals surface area contributed by atoms with E-state index in [1.807, 2.05) is 36.2 Å². The molecule has 1 aromatic rings. The van der Waals surface area contributed by atoms with Crippen LogP contribution in [-0.2, 0) is 4.79 Å². The highest BCUT2D eigenvalue weighted by Crippen LogP contribution is 2.32. The van der Waals surface area contributed by atoms with Crippen LogP contribution in [0.2, 0.25) is 0 Å². The van der Waals surface area contributed by atoms with Gasteiger partial charge < -0.3 is 4.90 Å². The number of anilines is 1. The van der Waals surface area contributed by atoms with Crippen LogP contribution in [-0.4, -0.2) is 42.3 Å². The fourth-order valence-electron chi connectivity index (χ4n) is 2.76. The summed E-state index contributed by atoms with van der Waals surface area (Å²) in [6.07, 6.45) is 4.11. The van der Waals surface area contributed by atoms with Crippen molar-refractivity contribution in [2.24, 2.45) is 21.0 Å². The molecule has 3 aliphatic rings. The molecule has 0 aliphatic carbocycles. The minimum Gasteiger partial charge on any atom is -0.315 e. The summed E-state index contributed by atoms with van der Waals surface area (Å²) in [5.74, 6) is 1.18. The first-order chi connectivity index (χ1) is 10.2. The SMILES string of the molecule is CC1C=NN(c2ccc3c(c2)N=CN2CCN=C32)C(=O)C1. The van der Waals surface area contributed by atoms with Gasteiger partial charge in [0.15, 0.2) is 0 Å². The molecular formula is C15H15N5O. The Kier molecular flexibility index (Phi) is 2.63. The van der Waals surface area contributed by atoms with Gasteiger partial charge in [-0.3, -0.25) is 9.79 Å². The van der Waals surface area contributed by atoms with E-state index in [1.165, 1.54) is 5.01 Å². The number of aliphatic imine (C=N–C) groups is 2. The van der Waals surface area contributed by atoms with Gasteiger partial charge in [-0.05, 0) is 18.2 Å². The quantitative estimate of drug-likeness (QED) is 0.787. The summed E-state index contributed by atoms with van der Waals surface area (Å²) in [4.78, 5) is 23.1. The lowest BCUT2D eigenvalue weighted by Crippen LogP contribution is -2.32. The van der Waals surface area contributed by atoms with E-state index in [0.29, 0.717) is 6.42 Å². The molecule has 6 nitrogen and oxygen atoms in total. The van der Waals surface area contributed by atoms with E-state index in [4.69, 9.17) is 0 Å². The van der Waals surface area contributed by atoms with Crippen molar-refractivity contribution in [1.29, 1.82) is 0 Å². The number of hydrogen-bond donors (Lipinski definition) is 0. The van der Waals surface area contributed by atoms with Gasteiger partial charge in [0.2, 0.25) is 5.91 Å². The summed E-state index contributed by atoms with van der Waals surface area (Å²) in [6.45, 7) is 3.67. The minimum absolute atomic E-state index is 0.0181. The molecule has 0 radical (unpaired) electrons. The van der Waals surface area contributed by atoms with Gasteiger partial charge in [-0.25, -0.2) is 10.0 Å². The van der Waals surface area contributed by atoms with Crippen LogP contribution in [0.5, 0.6) is 0 Å². The summed E-state index contributed by atoms with van der Waals surface area (Å²) >= 11 is 0. The first-order valence-corrected chi connectivity index (χ1v) is 7.09. The molecule has 0 spiro atoms. The van der Waals surface area contributed by atoms with Crippen molar-refractivity contribution in [3.8, 4) is 0 Å². The molecule has 6 heteroatoms. The predicted molar refractivity (Wildman–Crippen MR) is 82.5 cm³/mol. The molecule has 21 heavy (non-hydrogen) atoms. The van der Waals surface area contributed by atoms with E-state index in [1.54, 1.807) is 6.34 Å². The average molecular weight is 281 g/mol. The molecule has 1 atom stereocenters. The first kappa shape index (κ1) is 12.3. The number of rotatable bonds is 1. The largest absolute Gasteiger partial charge is 0.315 e. The van der Waals surface area contributed by atoms with Crippen molar-refractivity contribution in [2.45, 2.75) is 13.3 Å². The van der Waals surface area contributed by atoms with Gasteiger partial charge in [0.1, 0.15) is 5.84 Å². The summed E-state index contributed by atoms with van der Waals surface area (Å²) in [5, 5.41) is 5.70. The lowest BCUT2D eigenvalue weighted by atomic mass is 10.1. The highest BCUT2D eigenvalue weighted by Gasteiger charge is 2.26. The maximum Gasteiger partial charge on any atom is 0.248 e. The molecule has 0 fully saturated rings. The Hall–Kier alpha value is -2.50. The van der Waals surface area contributed by atoms with Gasteiger partial charge in [-0.2, -0.15) is 5.10 Å². The maximum absolute atomic E-state index is 12.1. The molecule has 106 valence electrons. The van der Waals surface area contributed by atoms with E-state index in [0.717, 1.165) is 35.9 Å². The molecule has 0 bridgehead atoms. The number of hydrogen-bond acceptors (Lipinski definition) is 5. The number of nitrogens with zero attached hydrogens (tertiary/aromatic N) is 5. The number of carbonyl (C=O) groups is 1. The fourth-order valence-corrected chi connectivity index (χ4v) is 2.76. The van der Waals surface area contributed by atoms with Crippen LogP contribution in [0.4, 0.5) is 11.4 Å². The zero-order valence-corrected chi connectivity index (χ0v) is 11.7. The number of benzene rings is 1. The molecule has 0 saturated heterocycles. The summed E-state index contributed by atoms with van der Waals surface area (Å²) in [7, 11) is 0. The van der Waals surface area contributed by atoms with Crippen molar-refractivity contribution in [1.82, 2.24) is 4.90 Å². The number of carbonyl (C=O) groups excluding carboxylic acids is 1. The second kappa shape index (κ2) is 4.51. The van der Waals surface area contributed by atoms with E-state index in [9.17, 15) is 4.79 Å². The number of amidine groups is 1. The van der Waals surface area contributed by atoms with Crippen molar-refractivity contribution in [2.75, 3.05) is 18.1 Å². The molecule has 0 N–H and O–H groups in total. The first-order valence-electron chi connectivity index (χ1n) is 7.09. The third-order valence-electron chi connectivity index (χ3n) is 3.85. The Labute approximate surface area is 122 Å². The molecule has 3 aliphatic heterocycles. The predicted octanol–water partition coefficient (Wildman–Crippen LogP) is 1.78.